The Bertz CT molecular complexity index is 659. The predicted molar refractivity (Wildman–Crippen MR) is 78.9 cm³/mol. The Balaban J connectivity index is 1.55. The summed E-state index contributed by atoms with van der Waals surface area (Å²) in [6.45, 7) is 1.10. The zero-order chi connectivity index (χ0) is 14.7. The van der Waals surface area contributed by atoms with Gasteiger partial charge in [-0.05, 0) is 36.4 Å². The first-order valence-electron chi connectivity index (χ1n) is 7.00. The van der Waals surface area contributed by atoms with Crippen LogP contribution in [0.15, 0.2) is 30.5 Å². The van der Waals surface area contributed by atoms with Gasteiger partial charge in [0.05, 0.1) is 6.10 Å². The summed E-state index contributed by atoms with van der Waals surface area (Å²) in [5.41, 5.74) is 1.50. The Morgan fingerprint density at radius 1 is 1.29 bits per heavy atom. The van der Waals surface area contributed by atoms with Gasteiger partial charge in [-0.15, -0.1) is 0 Å². The van der Waals surface area contributed by atoms with E-state index in [0.717, 1.165) is 30.4 Å². The number of hydrogen-bond acceptors (Lipinski definition) is 3. The molecule has 1 saturated heterocycles. The van der Waals surface area contributed by atoms with Crippen LogP contribution in [0, 0.1) is 0 Å². The number of amides is 2. The summed E-state index contributed by atoms with van der Waals surface area (Å²) in [6, 6.07) is 7.38. The number of ether oxygens (including phenoxy) is 1. The second-order valence-corrected chi connectivity index (χ2v) is 5.08. The van der Waals surface area contributed by atoms with Crippen LogP contribution in [0.25, 0.3) is 10.9 Å². The van der Waals surface area contributed by atoms with E-state index in [4.69, 9.17) is 4.74 Å². The highest BCUT2D eigenvalue weighted by Gasteiger charge is 2.19. The van der Waals surface area contributed by atoms with E-state index < -0.39 is 11.8 Å². The number of carbonyl (C=O) groups excluding carboxylic acids is 2. The zero-order valence-corrected chi connectivity index (χ0v) is 11.5. The molecule has 0 bridgehead atoms. The normalized spacial score (nSPS) is 17.8. The van der Waals surface area contributed by atoms with Crippen molar-refractivity contribution in [1.29, 1.82) is 0 Å². The van der Waals surface area contributed by atoms with E-state index in [9.17, 15) is 9.59 Å². The lowest BCUT2D eigenvalue weighted by atomic mass is 10.2. The first kappa shape index (κ1) is 13.6. The van der Waals surface area contributed by atoms with Crippen LogP contribution >= 0.6 is 0 Å². The van der Waals surface area contributed by atoms with Crippen molar-refractivity contribution in [3.63, 3.8) is 0 Å². The van der Waals surface area contributed by atoms with Gasteiger partial charge in [-0.2, -0.15) is 0 Å². The lowest BCUT2D eigenvalue weighted by Gasteiger charge is -2.10. The number of aromatic amines is 1. The van der Waals surface area contributed by atoms with Crippen LogP contribution in [-0.4, -0.2) is 36.1 Å². The molecule has 0 aliphatic carbocycles. The maximum Gasteiger partial charge on any atom is 0.313 e. The van der Waals surface area contributed by atoms with Gasteiger partial charge in [-0.1, -0.05) is 6.07 Å². The molecule has 21 heavy (non-hydrogen) atoms. The van der Waals surface area contributed by atoms with Gasteiger partial charge in [0.2, 0.25) is 0 Å². The summed E-state index contributed by atoms with van der Waals surface area (Å²) in [6.07, 6.45) is 3.77. The first-order chi connectivity index (χ1) is 10.2. The van der Waals surface area contributed by atoms with Gasteiger partial charge in [0.15, 0.2) is 0 Å². The van der Waals surface area contributed by atoms with Crippen molar-refractivity contribution in [2.75, 3.05) is 18.5 Å². The van der Waals surface area contributed by atoms with Gasteiger partial charge < -0.3 is 20.4 Å². The topological polar surface area (TPSA) is 83.2 Å². The number of benzene rings is 1. The van der Waals surface area contributed by atoms with Crippen molar-refractivity contribution < 1.29 is 14.3 Å². The summed E-state index contributed by atoms with van der Waals surface area (Å²) in [5, 5.41) is 6.23. The standard InChI is InChI=1S/C15H17N3O3/c19-14(17-9-12-2-1-7-21-12)15(20)18-11-4-3-10-5-6-16-13(10)8-11/h3-6,8,12,16H,1-2,7,9H2,(H,17,19)(H,18,20)/t12-/m0/s1. The van der Waals surface area contributed by atoms with Crippen molar-refractivity contribution in [1.82, 2.24) is 10.3 Å². The number of fused-ring (bicyclic) bond motifs is 1. The Labute approximate surface area is 121 Å². The lowest BCUT2D eigenvalue weighted by Crippen LogP contribution is -2.39. The van der Waals surface area contributed by atoms with Crippen LogP contribution in [0.3, 0.4) is 0 Å². The molecule has 1 aliphatic rings. The van der Waals surface area contributed by atoms with Crippen LogP contribution < -0.4 is 10.6 Å². The quantitative estimate of drug-likeness (QED) is 0.746. The molecule has 0 spiro atoms. The van der Waals surface area contributed by atoms with Crippen LogP contribution in [-0.2, 0) is 14.3 Å². The van der Waals surface area contributed by atoms with E-state index in [2.05, 4.69) is 15.6 Å². The molecule has 0 unspecified atom stereocenters. The van der Waals surface area contributed by atoms with E-state index in [0.29, 0.717) is 12.2 Å². The maximum atomic E-state index is 11.8. The van der Waals surface area contributed by atoms with Gasteiger partial charge in [0.1, 0.15) is 0 Å². The second-order valence-electron chi connectivity index (χ2n) is 5.08. The molecule has 2 amide bonds. The maximum absolute atomic E-state index is 11.8. The molecule has 1 aromatic heterocycles. The summed E-state index contributed by atoms with van der Waals surface area (Å²) in [7, 11) is 0. The van der Waals surface area contributed by atoms with Gasteiger partial charge in [0.25, 0.3) is 0 Å². The van der Waals surface area contributed by atoms with Crippen molar-refractivity contribution in [2.24, 2.45) is 0 Å². The number of carbonyl (C=O) groups is 2. The summed E-state index contributed by atoms with van der Waals surface area (Å²) < 4.78 is 5.39. The average molecular weight is 287 g/mol. The second kappa shape index (κ2) is 5.97. The number of aromatic nitrogens is 1. The number of anilines is 1. The van der Waals surface area contributed by atoms with E-state index >= 15 is 0 Å². The van der Waals surface area contributed by atoms with E-state index in [1.165, 1.54) is 0 Å². The molecular formula is C15H17N3O3. The lowest BCUT2D eigenvalue weighted by molar-refractivity contribution is -0.136. The zero-order valence-electron chi connectivity index (χ0n) is 11.5. The number of rotatable bonds is 3. The van der Waals surface area contributed by atoms with E-state index in [1.807, 2.05) is 18.3 Å². The fourth-order valence-corrected chi connectivity index (χ4v) is 2.41. The van der Waals surface area contributed by atoms with Crippen LogP contribution in [0.4, 0.5) is 5.69 Å². The smallest absolute Gasteiger partial charge is 0.313 e. The molecule has 6 nitrogen and oxygen atoms in total. The fraction of sp³-hybridized carbons (Fsp3) is 0.333. The molecule has 2 aromatic rings. The van der Waals surface area contributed by atoms with Gasteiger partial charge >= 0.3 is 11.8 Å². The van der Waals surface area contributed by atoms with Crippen molar-refractivity contribution in [3.05, 3.63) is 30.5 Å². The van der Waals surface area contributed by atoms with E-state index in [1.54, 1.807) is 12.1 Å². The molecule has 3 rings (SSSR count). The van der Waals surface area contributed by atoms with Gasteiger partial charge in [-0.3, -0.25) is 9.59 Å². The Hall–Kier alpha value is -2.34. The highest BCUT2D eigenvalue weighted by Crippen LogP contribution is 2.17. The monoisotopic (exact) mass is 287 g/mol. The van der Waals surface area contributed by atoms with Crippen LogP contribution in [0.2, 0.25) is 0 Å². The fourth-order valence-electron chi connectivity index (χ4n) is 2.41. The predicted octanol–water partition coefficient (Wildman–Crippen LogP) is 1.40. The highest BCUT2D eigenvalue weighted by atomic mass is 16.5. The first-order valence-corrected chi connectivity index (χ1v) is 7.00. The number of H-pyrrole nitrogens is 1. The average Bonchev–Trinajstić information content (AvgIpc) is 3.15. The third kappa shape index (κ3) is 3.22. The third-order valence-electron chi connectivity index (χ3n) is 3.53. The van der Waals surface area contributed by atoms with Gasteiger partial charge in [0, 0.05) is 30.6 Å². The minimum Gasteiger partial charge on any atom is -0.376 e. The van der Waals surface area contributed by atoms with Crippen molar-refractivity contribution in [2.45, 2.75) is 18.9 Å². The van der Waals surface area contributed by atoms with Crippen molar-refractivity contribution >= 4 is 28.4 Å². The van der Waals surface area contributed by atoms with Gasteiger partial charge in [-0.25, -0.2) is 0 Å². The minimum absolute atomic E-state index is 0.0250. The molecule has 0 radical (unpaired) electrons. The molecule has 6 heteroatoms. The van der Waals surface area contributed by atoms with Crippen LogP contribution in [0.1, 0.15) is 12.8 Å². The molecule has 3 N–H and O–H groups in total. The van der Waals surface area contributed by atoms with E-state index in [-0.39, 0.29) is 6.10 Å². The molecule has 1 aromatic carbocycles. The number of nitrogens with one attached hydrogen (secondary N) is 3. The highest BCUT2D eigenvalue weighted by molar-refractivity contribution is 6.39. The minimum atomic E-state index is -0.668. The summed E-state index contributed by atoms with van der Waals surface area (Å²) in [5.74, 6) is -1.31. The largest absolute Gasteiger partial charge is 0.376 e. The Kier molecular flexibility index (Phi) is 3.87. The molecule has 1 fully saturated rings. The SMILES string of the molecule is O=C(NC[C@@H]1CCCO1)C(=O)Nc1ccc2cc[nH]c2c1. The third-order valence-corrected chi connectivity index (χ3v) is 3.53. The Morgan fingerprint density at radius 2 is 2.19 bits per heavy atom. The molecule has 0 saturated carbocycles. The molecular weight excluding hydrogens is 270 g/mol. The summed E-state index contributed by atoms with van der Waals surface area (Å²) >= 11 is 0. The molecule has 1 aliphatic heterocycles. The van der Waals surface area contributed by atoms with Crippen molar-refractivity contribution in [3.8, 4) is 0 Å². The Morgan fingerprint density at radius 3 is 3.00 bits per heavy atom. The molecule has 110 valence electrons. The number of hydrogen-bond donors (Lipinski definition) is 3. The summed E-state index contributed by atoms with van der Waals surface area (Å²) in [4.78, 5) is 26.6. The van der Waals surface area contributed by atoms with Crippen LogP contribution in [0.5, 0.6) is 0 Å². The molecule has 1 atom stereocenters. The molecule has 2 heterocycles.